The molecule has 0 amide bonds. The molecule has 0 saturated carbocycles. The molecule has 0 aromatic rings. The molecule has 0 aliphatic heterocycles. The van der Waals surface area contributed by atoms with Crippen LogP contribution in [0.25, 0.3) is 0 Å². The summed E-state index contributed by atoms with van der Waals surface area (Å²) >= 11 is 0. The largest absolute Gasteiger partial charge is 0.462 e. The summed E-state index contributed by atoms with van der Waals surface area (Å²) in [6, 6.07) is 0. The number of hydrogen-bond donors (Lipinski definition) is 1. The van der Waals surface area contributed by atoms with E-state index >= 15 is 0 Å². The van der Waals surface area contributed by atoms with Gasteiger partial charge in [-0.2, -0.15) is 0 Å². The first-order chi connectivity index (χ1) is 40.6. The smallest absolute Gasteiger partial charge is 0.306 e. The van der Waals surface area contributed by atoms with Crippen LogP contribution in [0.5, 0.6) is 0 Å². The summed E-state index contributed by atoms with van der Waals surface area (Å²) < 4.78 is 10.7. The number of allylic oxidation sites excluding steroid dienone is 26. The first-order valence-electron chi connectivity index (χ1n) is 34.0. The highest BCUT2D eigenvalue weighted by molar-refractivity contribution is 5.70. The van der Waals surface area contributed by atoms with Crippen LogP contribution in [0.3, 0.4) is 0 Å². The fourth-order valence-corrected chi connectivity index (χ4v) is 9.32. The molecule has 0 saturated heterocycles. The van der Waals surface area contributed by atoms with E-state index in [9.17, 15) is 14.7 Å². The fourth-order valence-electron chi connectivity index (χ4n) is 9.32. The summed E-state index contributed by atoms with van der Waals surface area (Å²) in [5.74, 6) is -0.660. The molecule has 0 heterocycles. The summed E-state index contributed by atoms with van der Waals surface area (Å²) in [6.07, 6.45) is 108. The number of esters is 2. The van der Waals surface area contributed by atoms with Crippen LogP contribution >= 0.6 is 0 Å². The van der Waals surface area contributed by atoms with Crippen molar-refractivity contribution in [1.29, 1.82) is 0 Å². The predicted octanol–water partition coefficient (Wildman–Crippen LogP) is 23.9. The van der Waals surface area contributed by atoms with Crippen molar-refractivity contribution in [1.82, 2.24) is 0 Å². The summed E-state index contributed by atoms with van der Waals surface area (Å²) in [5, 5.41) is 9.68. The van der Waals surface area contributed by atoms with Gasteiger partial charge in [0.05, 0.1) is 6.61 Å². The number of unbranched alkanes of at least 4 members (excludes halogenated alkanes) is 27. The van der Waals surface area contributed by atoms with Crippen molar-refractivity contribution < 1.29 is 24.2 Å². The molecule has 0 radical (unpaired) electrons. The molecule has 0 aliphatic rings. The second-order valence-electron chi connectivity index (χ2n) is 22.1. The monoisotopic (exact) mass is 1130 g/mol. The molecule has 0 fully saturated rings. The molecule has 0 rings (SSSR count). The number of carbonyl (C=O) groups is 2. The van der Waals surface area contributed by atoms with Gasteiger partial charge in [0.1, 0.15) is 6.61 Å². The van der Waals surface area contributed by atoms with Crippen LogP contribution in [0.15, 0.2) is 158 Å². The van der Waals surface area contributed by atoms with Crippen molar-refractivity contribution in [3.05, 3.63) is 158 Å². The van der Waals surface area contributed by atoms with Crippen molar-refractivity contribution in [2.45, 2.75) is 302 Å². The maximum absolute atomic E-state index is 12.3. The van der Waals surface area contributed by atoms with Gasteiger partial charge in [-0.05, 0) is 116 Å². The second-order valence-corrected chi connectivity index (χ2v) is 22.1. The lowest BCUT2D eigenvalue weighted by molar-refractivity contribution is -0.161. The maximum atomic E-state index is 12.3. The van der Waals surface area contributed by atoms with E-state index in [4.69, 9.17) is 9.47 Å². The van der Waals surface area contributed by atoms with E-state index in [-0.39, 0.29) is 31.6 Å². The minimum Gasteiger partial charge on any atom is -0.462 e. The number of ether oxygens (including phenoxy) is 2. The average molecular weight is 1130 g/mol. The number of carbonyl (C=O) groups excluding carboxylic acids is 2. The second kappa shape index (κ2) is 70.8. The van der Waals surface area contributed by atoms with Gasteiger partial charge in [-0.3, -0.25) is 9.59 Å². The Hall–Kier alpha value is -4.48. The molecule has 82 heavy (non-hydrogen) atoms. The molecule has 0 bridgehead atoms. The minimum atomic E-state index is -0.814. The first kappa shape index (κ1) is 77.5. The molecular formula is C77H126O5. The average Bonchev–Trinajstić information content (AvgIpc) is 3.49. The van der Waals surface area contributed by atoms with Crippen molar-refractivity contribution in [2.75, 3.05) is 13.2 Å². The van der Waals surface area contributed by atoms with E-state index in [2.05, 4.69) is 172 Å². The van der Waals surface area contributed by atoms with Crippen LogP contribution in [0, 0.1) is 0 Å². The fraction of sp³-hybridized carbons (Fsp3) is 0.636. The normalized spacial score (nSPS) is 13.3. The molecule has 1 N–H and O–H groups in total. The van der Waals surface area contributed by atoms with Crippen molar-refractivity contribution in [3.63, 3.8) is 0 Å². The van der Waals surface area contributed by atoms with Gasteiger partial charge in [-0.25, -0.2) is 0 Å². The Kier molecular flexibility index (Phi) is 66.9. The molecule has 0 aromatic carbocycles. The maximum Gasteiger partial charge on any atom is 0.306 e. The van der Waals surface area contributed by atoms with Crippen LogP contribution in [-0.2, 0) is 19.1 Å². The van der Waals surface area contributed by atoms with E-state index < -0.39 is 6.10 Å². The van der Waals surface area contributed by atoms with E-state index in [0.717, 1.165) is 109 Å². The number of hydrogen-bond acceptors (Lipinski definition) is 5. The zero-order valence-corrected chi connectivity index (χ0v) is 53.2. The third kappa shape index (κ3) is 68.0. The Morgan fingerprint density at radius 2 is 0.500 bits per heavy atom. The van der Waals surface area contributed by atoms with Crippen LogP contribution < -0.4 is 0 Å². The molecule has 0 aromatic heterocycles. The van der Waals surface area contributed by atoms with Crippen LogP contribution in [-0.4, -0.2) is 36.4 Å². The third-order valence-electron chi connectivity index (χ3n) is 14.3. The highest BCUT2D eigenvalue weighted by atomic mass is 16.6. The first-order valence-corrected chi connectivity index (χ1v) is 34.0. The SMILES string of the molecule is CC/C=C\C/C=C\C/C=C\C/C=C\C/C=C\C/C=C\C/C=C\C/C=C\C/C=C\CCCC(=O)OC(CO)COC(=O)CCCCCCCCCCCCCCCCCCCCCCCCCCCC/C=C\C/C=C\C/C=C\C/C=C\CC. The van der Waals surface area contributed by atoms with Gasteiger partial charge in [0, 0.05) is 12.8 Å². The molecule has 5 nitrogen and oxygen atoms in total. The molecule has 464 valence electrons. The van der Waals surface area contributed by atoms with Gasteiger partial charge >= 0.3 is 11.9 Å². The van der Waals surface area contributed by atoms with Gasteiger partial charge in [0.15, 0.2) is 6.10 Å². The summed E-state index contributed by atoms with van der Waals surface area (Å²) in [5.41, 5.74) is 0. The third-order valence-corrected chi connectivity index (χ3v) is 14.3. The Morgan fingerprint density at radius 1 is 0.280 bits per heavy atom. The lowest BCUT2D eigenvalue weighted by Crippen LogP contribution is -2.28. The topological polar surface area (TPSA) is 72.8 Å². The van der Waals surface area contributed by atoms with Gasteiger partial charge in [-0.1, -0.05) is 326 Å². The van der Waals surface area contributed by atoms with Gasteiger partial charge < -0.3 is 14.6 Å². The van der Waals surface area contributed by atoms with Crippen LogP contribution in [0.2, 0.25) is 0 Å². The minimum absolute atomic E-state index is 0.0955. The number of rotatable bonds is 61. The lowest BCUT2D eigenvalue weighted by atomic mass is 10.0. The van der Waals surface area contributed by atoms with Crippen LogP contribution in [0.4, 0.5) is 0 Å². The van der Waals surface area contributed by atoms with E-state index in [0.29, 0.717) is 12.8 Å². The molecule has 5 heteroatoms. The quantitative estimate of drug-likeness (QED) is 0.0373. The number of aliphatic hydroxyl groups excluding tert-OH is 1. The number of aliphatic hydroxyl groups is 1. The Bertz CT molecular complexity index is 1760. The molecule has 1 unspecified atom stereocenters. The van der Waals surface area contributed by atoms with Crippen LogP contribution in [0.1, 0.15) is 296 Å². The Morgan fingerprint density at radius 3 is 0.768 bits per heavy atom. The highest BCUT2D eigenvalue weighted by Crippen LogP contribution is 2.17. The summed E-state index contributed by atoms with van der Waals surface area (Å²) in [4.78, 5) is 24.6. The van der Waals surface area contributed by atoms with E-state index in [1.54, 1.807) is 0 Å². The Labute approximate surface area is 507 Å². The molecular weight excluding hydrogens is 1000 g/mol. The predicted molar refractivity (Wildman–Crippen MR) is 361 cm³/mol. The summed E-state index contributed by atoms with van der Waals surface area (Å²) in [7, 11) is 0. The highest BCUT2D eigenvalue weighted by Gasteiger charge is 2.16. The van der Waals surface area contributed by atoms with Crippen molar-refractivity contribution in [2.24, 2.45) is 0 Å². The zero-order chi connectivity index (χ0) is 59.1. The molecule has 0 spiro atoms. The zero-order valence-electron chi connectivity index (χ0n) is 53.2. The Balaban J connectivity index is 3.53. The van der Waals surface area contributed by atoms with Gasteiger partial charge in [0.25, 0.3) is 0 Å². The van der Waals surface area contributed by atoms with Gasteiger partial charge in [-0.15, -0.1) is 0 Å². The standard InChI is InChI=1S/C77H126O5/c1-3-5-7-9-11-13-15-17-19-21-23-25-27-29-31-33-34-35-36-37-38-39-40-41-42-44-45-47-49-51-53-55-57-59-61-63-65-67-69-71-76(79)81-74-75(73-78)82-77(80)72-70-68-66-64-62-60-58-56-54-52-50-48-46-43-32-30-28-26-24-22-20-18-16-14-12-10-8-6-4-2/h5-8,11-14,17-20,23-26,30,32,46,48,52,54,58,60,64,66,75,78H,3-4,9-10,15-16,21-22,27-29,31,33-45,47,49-51,53,55-57,59,61-63,65,67-74H2,1-2H3/b7-5-,8-6-,13-11-,14-12-,19-17-,20-18-,25-23-,26-24-,32-30-,48-46-,54-52-,60-58-,66-64-. The van der Waals surface area contributed by atoms with Gasteiger partial charge in [0.2, 0.25) is 0 Å². The molecule has 0 aliphatic carbocycles. The summed E-state index contributed by atoms with van der Waals surface area (Å²) in [6.45, 7) is 3.88. The van der Waals surface area contributed by atoms with E-state index in [1.807, 2.05) is 0 Å². The van der Waals surface area contributed by atoms with Crippen molar-refractivity contribution >= 4 is 11.9 Å². The van der Waals surface area contributed by atoms with E-state index in [1.165, 1.54) is 154 Å². The molecule has 1 atom stereocenters. The van der Waals surface area contributed by atoms with Crippen molar-refractivity contribution in [3.8, 4) is 0 Å². The lowest BCUT2D eigenvalue weighted by Gasteiger charge is -2.15.